The Morgan fingerprint density at radius 3 is 2.40 bits per heavy atom. The molecule has 1 rings (SSSR count). The highest BCUT2D eigenvalue weighted by Gasteiger charge is 2.14. The van der Waals surface area contributed by atoms with Crippen LogP contribution in [0.25, 0.3) is 0 Å². The van der Waals surface area contributed by atoms with Crippen molar-refractivity contribution < 1.29 is 27.5 Å². The minimum atomic E-state index is -0.377. The third-order valence-electron chi connectivity index (χ3n) is 1.06. The van der Waals surface area contributed by atoms with Crippen LogP contribution in [0, 0.1) is 13.7 Å². The first-order chi connectivity index (χ1) is 4.72. The Kier molecular flexibility index (Phi) is 2.21. The molecule has 10 heavy (non-hydrogen) atoms. The zero-order valence-corrected chi connectivity index (χ0v) is 7.31. The highest BCUT2D eigenvalue weighted by molar-refractivity contribution is 5.27. The summed E-state index contributed by atoms with van der Waals surface area (Å²) in [4.78, 5) is 9.85. The van der Waals surface area contributed by atoms with Crippen molar-refractivity contribution >= 4 is 5.69 Å². The SMILES string of the molecule is O=[N+]([O-])c1ccccc1[IH+]. The summed E-state index contributed by atoms with van der Waals surface area (Å²) in [5.74, 6) is 0. The Balaban J connectivity index is 3.15. The summed E-state index contributed by atoms with van der Waals surface area (Å²) in [5.41, 5.74) is 0.187. The summed E-state index contributed by atoms with van der Waals surface area (Å²) >= 11 is 1.65. The molecule has 0 saturated heterocycles. The van der Waals surface area contributed by atoms with Crippen molar-refractivity contribution in [2.75, 3.05) is 0 Å². The Morgan fingerprint density at radius 2 is 2.00 bits per heavy atom. The fraction of sp³-hybridized carbons (Fsp3) is 0. The Bertz CT molecular complexity index is 262. The van der Waals surface area contributed by atoms with Gasteiger partial charge in [-0.1, -0.05) is 12.1 Å². The van der Waals surface area contributed by atoms with Crippen molar-refractivity contribution in [2.45, 2.75) is 0 Å². The van der Waals surface area contributed by atoms with Crippen molar-refractivity contribution in [1.29, 1.82) is 0 Å². The van der Waals surface area contributed by atoms with E-state index in [2.05, 4.69) is 0 Å². The van der Waals surface area contributed by atoms with Crippen molar-refractivity contribution in [3.8, 4) is 0 Å². The lowest BCUT2D eigenvalue weighted by molar-refractivity contribution is -0.416. The minimum Gasteiger partial charge on any atom is -0.258 e. The Hall–Kier alpha value is -0.650. The zero-order valence-electron chi connectivity index (χ0n) is 4.98. The van der Waals surface area contributed by atoms with Crippen LogP contribution in [0.5, 0.6) is 0 Å². The number of nitro benzene ring substituents is 1. The third kappa shape index (κ3) is 1.44. The fourth-order valence-electron chi connectivity index (χ4n) is 0.608. The number of hydrogen-bond donors (Lipinski definition) is 0. The number of benzene rings is 1. The second-order valence-corrected chi connectivity index (χ2v) is 2.98. The van der Waals surface area contributed by atoms with Gasteiger partial charge in [-0.25, -0.2) is 0 Å². The molecule has 0 spiro atoms. The number of para-hydroxylation sites is 1. The first-order valence-corrected chi connectivity index (χ1v) is 3.79. The quantitative estimate of drug-likeness (QED) is 0.330. The van der Waals surface area contributed by atoms with Crippen LogP contribution in [-0.2, 0) is 0 Å². The Morgan fingerprint density at radius 1 is 1.40 bits per heavy atom. The van der Waals surface area contributed by atoms with Gasteiger partial charge >= 0.3 is 28.3 Å². The zero-order chi connectivity index (χ0) is 7.56. The molecule has 0 aliphatic rings. The van der Waals surface area contributed by atoms with Crippen molar-refractivity contribution in [3.05, 3.63) is 37.9 Å². The van der Waals surface area contributed by atoms with Gasteiger partial charge in [0.1, 0.15) is 0 Å². The molecule has 1 aromatic carbocycles. The van der Waals surface area contributed by atoms with E-state index in [-0.39, 0.29) is 10.6 Å². The third-order valence-corrected chi connectivity index (χ3v) is 2.05. The molecule has 52 valence electrons. The molecular formula is C6H5INO2+. The molecule has 0 amide bonds. The molecule has 0 N–H and O–H groups in total. The summed E-state index contributed by atoms with van der Waals surface area (Å²) in [6, 6.07) is 6.66. The first kappa shape index (κ1) is 7.46. The molecule has 3 nitrogen and oxygen atoms in total. The molecular weight excluding hydrogens is 245 g/mol. The molecule has 0 saturated carbocycles. The predicted octanol–water partition coefficient (Wildman–Crippen LogP) is -1.95. The van der Waals surface area contributed by atoms with Crippen LogP contribution in [0.1, 0.15) is 0 Å². The molecule has 0 heterocycles. The maximum atomic E-state index is 10.2. The predicted molar refractivity (Wildman–Crippen MR) is 33.2 cm³/mol. The lowest BCUT2D eigenvalue weighted by Gasteiger charge is -1.86. The van der Waals surface area contributed by atoms with Gasteiger partial charge in [0.15, 0.2) is 0 Å². The molecule has 0 fully saturated rings. The average molecular weight is 250 g/mol. The van der Waals surface area contributed by atoms with E-state index in [0.29, 0.717) is 3.57 Å². The van der Waals surface area contributed by atoms with E-state index in [1.54, 1.807) is 40.8 Å². The molecule has 1 aromatic rings. The smallest absolute Gasteiger partial charge is 0.258 e. The highest BCUT2D eigenvalue weighted by Crippen LogP contribution is 2.07. The maximum absolute atomic E-state index is 10.2. The summed E-state index contributed by atoms with van der Waals surface area (Å²) in [5, 5.41) is 10.2. The molecule has 0 bridgehead atoms. The topological polar surface area (TPSA) is 43.1 Å². The van der Waals surface area contributed by atoms with E-state index in [1.165, 1.54) is 6.07 Å². The van der Waals surface area contributed by atoms with Crippen molar-refractivity contribution in [3.63, 3.8) is 0 Å². The van der Waals surface area contributed by atoms with Gasteiger partial charge in [0, 0.05) is 6.07 Å². The number of nitrogens with zero attached hydrogens (tertiary/aromatic N) is 1. The van der Waals surface area contributed by atoms with Gasteiger partial charge in [0.05, 0.1) is 4.92 Å². The number of rotatable bonds is 1. The Labute approximate surface area is 71.3 Å². The second-order valence-electron chi connectivity index (χ2n) is 1.72. The maximum Gasteiger partial charge on any atom is 0.321 e. The van der Waals surface area contributed by atoms with Gasteiger partial charge in [0.25, 0.3) is 3.57 Å². The van der Waals surface area contributed by atoms with E-state index < -0.39 is 0 Å². The monoisotopic (exact) mass is 250 g/mol. The second kappa shape index (κ2) is 2.96. The molecule has 4 heteroatoms. The average Bonchev–Trinajstić information content (AvgIpc) is 1.88. The van der Waals surface area contributed by atoms with Crippen LogP contribution in [0.4, 0.5) is 5.69 Å². The fourth-order valence-corrected chi connectivity index (χ4v) is 1.24. The molecule has 0 aliphatic carbocycles. The van der Waals surface area contributed by atoms with Crippen LogP contribution in [0.3, 0.4) is 0 Å². The van der Waals surface area contributed by atoms with Gasteiger partial charge in [0.2, 0.25) is 0 Å². The van der Waals surface area contributed by atoms with E-state index in [4.69, 9.17) is 0 Å². The van der Waals surface area contributed by atoms with Gasteiger partial charge in [-0.15, -0.1) is 0 Å². The number of halogens is 1. The summed E-state index contributed by atoms with van der Waals surface area (Å²) in [6.07, 6.45) is 0. The van der Waals surface area contributed by atoms with E-state index in [1.807, 2.05) is 0 Å². The normalized spacial score (nSPS) is 9.30. The van der Waals surface area contributed by atoms with Crippen molar-refractivity contribution in [2.24, 2.45) is 0 Å². The summed E-state index contributed by atoms with van der Waals surface area (Å²) in [7, 11) is 0. The molecule has 0 aliphatic heterocycles. The van der Waals surface area contributed by atoms with Crippen LogP contribution >= 0.6 is 0 Å². The summed E-state index contributed by atoms with van der Waals surface area (Å²) in [6.45, 7) is 0. The number of nitro groups is 1. The van der Waals surface area contributed by atoms with E-state index in [0.717, 1.165) is 0 Å². The summed E-state index contributed by atoms with van der Waals surface area (Å²) < 4.78 is 0.711. The molecule has 0 atom stereocenters. The van der Waals surface area contributed by atoms with E-state index in [9.17, 15) is 10.1 Å². The first-order valence-electron chi connectivity index (χ1n) is 2.62. The lowest BCUT2D eigenvalue weighted by atomic mass is 10.3. The molecule has 0 aromatic heterocycles. The lowest BCUT2D eigenvalue weighted by Crippen LogP contribution is -3.34. The highest BCUT2D eigenvalue weighted by atomic mass is 127. The molecule has 0 unspecified atom stereocenters. The van der Waals surface area contributed by atoms with Crippen molar-refractivity contribution in [1.82, 2.24) is 0 Å². The van der Waals surface area contributed by atoms with Crippen LogP contribution in [-0.4, -0.2) is 4.92 Å². The van der Waals surface area contributed by atoms with E-state index >= 15 is 0 Å². The largest absolute Gasteiger partial charge is 0.321 e. The standard InChI is InChI=1S/C6H5INO2/c7-5-3-1-2-4-6(5)8(9)10/h1-4,7H/q+1. The van der Waals surface area contributed by atoms with Gasteiger partial charge in [-0.05, 0) is 6.07 Å². The van der Waals surface area contributed by atoms with Crippen LogP contribution in [0.15, 0.2) is 24.3 Å². The van der Waals surface area contributed by atoms with Gasteiger partial charge in [-0.2, -0.15) is 0 Å². The van der Waals surface area contributed by atoms with Gasteiger partial charge in [-0.3, -0.25) is 10.1 Å². The molecule has 0 radical (unpaired) electrons. The van der Waals surface area contributed by atoms with Crippen LogP contribution < -0.4 is 22.6 Å². The van der Waals surface area contributed by atoms with Crippen LogP contribution in [0.2, 0.25) is 0 Å². The minimum absolute atomic E-state index is 0.187. The van der Waals surface area contributed by atoms with Gasteiger partial charge < -0.3 is 0 Å². The number of hydrogen-bond acceptors (Lipinski definition) is 2.